The van der Waals surface area contributed by atoms with E-state index in [0.717, 1.165) is 0 Å². The van der Waals surface area contributed by atoms with Crippen molar-refractivity contribution < 1.29 is 8.22 Å². The molecule has 0 amide bonds. The third-order valence-corrected chi connectivity index (χ3v) is 0.144. The molecule has 0 saturated carbocycles. The molecule has 0 unspecified atom stereocenters. The molecular weight excluding hydrogens is 135 g/mol. The van der Waals surface area contributed by atoms with Crippen LogP contribution in [0, 0.1) is 0 Å². The monoisotopic (exact) mass is 152 g/mol. The highest BCUT2D eigenvalue weighted by Crippen LogP contribution is 1.58. The Morgan fingerprint density at radius 3 is 1.43 bits per heavy atom. The Hall–Kier alpha value is 0.500. The van der Waals surface area contributed by atoms with Crippen molar-refractivity contribution in [2.24, 2.45) is 11.5 Å². The Morgan fingerprint density at radius 1 is 1.14 bits per heavy atom. The molecule has 48 valence electrons. The summed E-state index contributed by atoms with van der Waals surface area (Å²) in [6, 6.07) is 0. The van der Waals surface area contributed by atoms with Gasteiger partial charge in [-0.2, -0.15) is 0 Å². The molecule has 0 radical (unpaired) electrons. The Morgan fingerprint density at radius 2 is 1.43 bits per heavy atom. The van der Waals surface area contributed by atoms with Gasteiger partial charge in [-0.05, 0) is 19.4 Å². The normalized spacial score (nSPS) is 24.9. The van der Waals surface area contributed by atoms with E-state index in [9.17, 15) is 0 Å². The summed E-state index contributed by atoms with van der Waals surface area (Å²) in [4.78, 5) is 0. The Bertz CT molecular complexity index is 135. The van der Waals surface area contributed by atoms with Gasteiger partial charge in [0, 0.05) is 8.22 Å². The average molecular weight is 153 g/mol. The van der Waals surface area contributed by atoms with Crippen molar-refractivity contribution in [3.8, 4) is 0 Å². The van der Waals surface area contributed by atoms with Gasteiger partial charge in [0.1, 0.15) is 0 Å². The molecule has 7 heavy (non-hydrogen) atoms. The largest absolute Gasteiger partial charge is 0.330 e. The number of hydrogen-bond donors (Lipinski definition) is 2. The van der Waals surface area contributed by atoms with Crippen LogP contribution in [0.4, 0.5) is 0 Å². The molecule has 0 fully saturated rings. The highest BCUT2D eigenvalue weighted by Gasteiger charge is 1.67. The standard InChI is InChI=1S/C3H10N2.2ClH/c4-2-1-3-5;;/h1-5H2;2*1H/i1D2,2D2,3D2;;. The quantitative estimate of drug-likeness (QED) is 0.592. The minimum Gasteiger partial charge on any atom is -0.330 e. The van der Waals surface area contributed by atoms with Crippen LogP contribution in [0.25, 0.3) is 0 Å². The van der Waals surface area contributed by atoms with Crippen LogP contribution in [0.5, 0.6) is 0 Å². The maximum absolute atomic E-state index is 6.90. The van der Waals surface area contributed by atoms with Gasteiger partial charge >= 0.3 is 0 Å². The van der Waals surface area contributed by atoms with Crippen LogP contribution < -0.4 is 11.5 Å². The molecule has 4 N–H and O–H groups in total. The Balaban J connectivity index is -0.000000500. The summed E-state index contributed by atoms with van der Waals surface area (Å²) < 4.78 is 40.8. The highest BCUT2D eigenvalue weighted by molar-refractivity contribution is 5.85. The van der Waals surface area contributed by atoms with E-state index in [4.69, 9.17) is 19.7 Å². The lowest BCUT2D eigenvalue weighted by Gasteiger charge is -1.81. The molecule has 0 aliphatic rings. The van der Waals surface area contributed by atoms with Crippen molar-refractivity contribution in [3.05, 3.63) is 0 Å². The van der Waals surface area contributed by atoms with Crippen LogP contribution in [0.1, 0.15) is 14.6 Å². The van der Waals surface area contributed by atoms with E-state index >= 15 is 0 Å². The Labute approximate surface area is 64.9 Å². The molecule has 0 aliphatic carbocycles. The molecule has 0 atom stereocenters. The molecule has 4 heteroatoms. The van der Waals surface area contributed by atoms with E-state index in [-0.39, 0.29) is 24.8 Å². The summed E-state index contributed by atoms with van der Waals surface area (Å²) in [5, 5.41) is 0. The molecule has 0 aromatic rings. The summed E-state index contributed by atoms with van der Waals surface area (Å²) in [6.07, 6.45) is -2.90. The number of hydrogen-bond acceptors (Lipinski definition) is 2. The molecule has 0 bridgehead atoms. The fourth-order valence-corrected chi connectivity index (χ4v) is 0.0417. The van der Waals surface area contributed by atoms with Crippen molar-refractivity contribution in [2.45, 2.75) is 6.37 Å². The lowest BCUT2D eigenvalue weighted by atomic mass is 10.4. The molecule has 0 spiro atoms. The van der Waals surface area contributed by atoms with Gasteiger partial charge < -0.3 is 11.5 Å². The maximum atomic E-state index is 6.90. The SMILES string of the molecule is Cl.Cl.[2H]C([2H])(N)C([2H])([2H])C([2H])([2H])N. The third kappa shape index (κ3) is 21.1. The van der Waals surface area contributed by atoms with E-state index in [2.05, 4.69) is 0 Å². The van der Waals surface area contributed by atoms with E-state index in [1.54, 1.807) is 0 Å². The molecule has 0 rings (SSSR count). The van der Waals surface area contributed by atoms with Crippen LogP contribution >= 0.6 is 24.8 Å². The second kappa shape index (κ2) is 16.1. The van der Waals surface area contributed by atoms with Crippen molar-refractivity contribution in [3.63, 3.8) is 0 Å². The van der Waals surface area contributed by atoms with E-state index in [1.807, 2.05) is 0 Å². The van der Waals surface area contributed by atoms with Gasteiger partial charge in [-0.1, -0.05) is 0 Å². The zero-order valence-electron chi connectivity index (χ0n) is 9.47. The van der Waals surface area contributed by atoms with Crippen molar-refractivity contribution in [1.82, 2.24) is 0 Å². The fourth-order valence-electron chi connectivity index (χ4n) is 0.0417. The number of rotatable bonds is 2. The molecule has 0 aromatic heterocycles. The van der Waals surface area contributed by atoms with Gasteiger partial charge in [-0.3, -0.25) is 0 Å². The summed E-state index contributed by atoms with van der Waals surface area (Å²) in [7, 11) is 0. The Kier molecular flexibility index (Phi) is 6.59. The van der Waals surface area contributed by atoms with Gasteiger partial charge in [0.25, 0.3) is 0 Å². The second-order valence-electron chi connectivity index (χ2n) is 0.414. The van der Waals surface area contributed by atoms with Crippen LogP contribution in [0.15, 0.2) is 0 Å². The lowest BCUT2D eigenvalue weighted by molar-refractivity contribution is 0.844. The summed E-state index contributed by atoms with van der Waals surface area (Å²) in [5.74, 6) is 0. The van der Waals surface area contributed by atoms with Crippen LogP contribution in [-0.2, 0) is 0 Å². The molecule has 0 aliphatic heterocycles. The minimum atomic E-state index is -2.90. The summed E-state index contributed by atoms with van der Waals surface area (Å²) in [5.41, 5.74) is 9.48. The molecule has 2 nitrogen and oxygen atoms in total. The van der Waals surface area contributed by atoms with Crippen LogP contribution in [0.3, 0.4) is 0 Å². The second-order valence-corrected chi connectivity index (χ2v) is 0.414. The van der Waals surface area contributed by atoms with Gasteiger partial charge in [0.15, 0.2) is 0 Å². The van der Waals surface area contributed by atoms with Crippen LogP contribution in [-0.4, -0.2) is 13.0 Å². The van der Waals surface area contributed by atoms with Crippen molar-refractivity contribution in [2.75, 3.05) is 13.0 Å². The minimum absolute atomic E-state index is 0. The average Bonchev–Trinajstić information content (AvgIpc) is 1.58. The first-order valence-corrected chi connectivity index (χ1v) is 1.08. The molecule has 0 heterocycles. The van der Waals surface area contributed by atoms with E-state index in [1.165, 1.54) is 0 Å². The maximum Gasteiger partial charge on any atom is 0.0426 e. The molecule has 0 saturated heterocycles. The zero-order valence-corrected chi connectivity index (χ0v) is 5.10. The molecule has 0 aromatic carbocycles. The first-order valence-electron chi connectivity index (χ1n) is 4.08. The van der Waals surface area contributed by atoms with Gasteiger partial charge in [-0.25, -0.2) is 0 Å². The predicted molar refractivity (Wildman–Crippen MR) is 37.2 cm³/mol. The van der Waals surface area contributed by atoms with E-state index in [0.29, 0.717) is 0 Å². The fraction of sp³-hybridized carbons (Fsp3) is 1.00. The van der Waals surface area contributed by atoms with Gasteiger partial charge in [0.05, 0.1) is 0 Å². The third-order valence-electron chi connectivity index (χ3n) is 0.144. The first kappa shape index (κ1) is 2.87. The van der Waals surface area contributed by atoms with E-state index < -0.39 is 19.4 Å². The predicted octanol–water partition coefficient (Wildman–Crippen LogP) is 0.138. The molecular formula is C3H12Cl2N2. The van der Waals surface area contributed by atoms with Gasteiger partial charge in [-0.15, -0.1) is 24.8 Å². The smallest absolute Gasteiger partial charge is 0.0426 e. The van der Waals surface area contributed by atoms with Gasteiger partial charge in [0.2, 0.25) is 0 Å². The van der Waals surface area contributed by atoms with Crippen LogP contribution in [0.2, 0.25) is 0 Å². The summed E-state index contributed by atoms with van der Waals surface area (Å²) in [6.45, 7) is -5.57. The number of halogens is 2. The number of nitrogens with two attached hydrogens (primary N) is 2. The highest BCUT2D eigenvalue weighted by atomic mass is 35.5. The lowest BCUT2D eigenvalue weighted by Crippen LogP contribution is -2.06. The van der Waals surface area contributed by atoms with Crippen molar-refractivity contribution in [1.29, 1.82) is 0 Å². The topological polar surface area (TPSA) is 52.0 Å². The van der Waals surface area contributed by atoms with Crippen molar-refractivity contribution >= 4 is 24.8 Å². The summed E-state index contributed by atoms with van der Waals surface area (Å²) >= 11 is 0. The zero-order chi connectivity index (χ0) is 9.50. The first-order chi connectivity index (χ1) is 4.50.